The molecule has 1 nitrogen and oxygen atoms in total. The number of anilines is 2. The summed E-state index contributed by atoms with van der Waals surface area (Å²) in [6.07, 6.45) is 3.27. The van der Waals surface area contributed by atoms with Gasteiger partial charge in [0.25, 0.3) is 0 Å². The number of hydrogen-bond acceptors (Lipinski definition) is 1. The number of para-hydroxylation sites is 1. The number of hydrogen-bond donors (Lipinski definition) is 0. The lowest BCUT2D eigenvalue weighted by molar-refractivity contribution is 0.573. The highest BCUT2D eigenvalue weighted by atomic mass is 79.9. The van der Waals surface area contributed by atoms with Gasteiger partial charge in [-0.05, 0) is 75.1 Å². The maximum Gasteiger partial charge on any atom is 0.0728 e. The maximum absolute atomic E-state index is 3.95. The Bertz CT molecular complexity index is 1480. The topological polar surface area (TPSA) is 3.24 Å². The summed E-state index contributed by atoms with van der Waals surface area (Å²) in [4.78, 5) is 2.55. The van der Waals surface area contributed by atoms with Crippen LogP contribution in [0.5, 0.6) is 0 Å². The molecule has 0 radical (unpaired) electrons. The van der Waals surface area contributed by atoms with Gasteiger partial charge in [0, 0.05) is 23.2 Å². The van der Waals surface area contributed by atoms with Crippen LogP contribution in [0.25, 0.3) is 16.7 Å². The Kier molecular flexibility index (Phi) is 5.53. The van der Waals surface area contributed by atoms with E-state index >= 15 is 0 Å². The van der Waals surface area contributed by atoms with Crippen LogP contribution in [0.15, 0.2) is 125 Å². The van der Waals surface area contributed by atoms with E-state index in [0.29, 0.717) is 0 Å². The Morgan fingerprint density at radius 2 is 1.19 bits per heavy atom. The zero-order valence-corrected chi connectivity index (χ0v) is 22.6. The molecule has 178 valence electrons. The molecule has 2 aliphatic carbocycles. The average molecular weight is 533 g/mol. The van der Waals surface area contributed by atoms with Gasteiger partial charge in [-0.2, -0.15) is 0 Å². The molecule has 0 amide bonds. The molecular weight excluding hydrogens is 502 g/mol. The lowest BCUT2D eigenvalue weighted by Gasteiger charge is -2.47. The number of allylic oxidation sites excluding steroid dienone is 2. The van der Waals surface area contributed by atoms with Gasteiger partial charge in [-0.25, -0.2) is 0 Å². The predicted molar refractivity (Wildman–Crippen MR) is 157 cm³/mol. The summed E-state index contributed by atoms with van der Waals surface area (Å²) < 4.78 is 1.24. The molecule has 0 saturated heterocycles. The summed E-state index contributed by atoms with van der Waals surface area (Å²) >= 11 is 3.95. The third-order valence-electron chi connectivity index (χ3n) is 7.91. The zero-order valence-electron chi connectivity index (χ0n) is 21.0. The smallest absolute Gasteiger partial charge is 0.0728 e. The van der Waals surface area contributed by atoms with E-state index in [0.717, 1.165) is 6.42 Å². The number of fused-ring (bicyclic) bond motifs is 2. The van der Waals surface area contributed by atoms with Crippen molar-refractivity contribution in [1.82, 2.24) is 0 Å². The van der Waals surface area contributed by atoms with E-state index in [2.05, 4.69) is 157 Å². The summed E-state index contributed by atoms with van der Waals surface area (Å²) in [6, 6.07) is 39.5. The Balaban J connectivity index is 1.56. The molecule has 0 saturated carbocycles. The quantitative estimate of drug-likeness (QED) is 0.253. The average Bonchev–Trinajstić information content (AvgIpc) is 3.13. The van der Waals surface area contributed by atoms with E-state index in [1.807, 2.05) is 0 Å². The fraction of sp³-hybridized carbons (Fsp3) is 0.176. The van der Waals surface area contributed by atoms with Crippen molar-refractivity contribution >= 4 is 32.9 Å². The summed E-state index contributed by atoms with van der Waals surface area (Å²) in [5.74, 6) is 0. The molecule has 0 bridgehead atoms. The predicted octanol–water partition coefficient (Wildman–Crippen LogP) is 9.68. The van der Waals surface area contributed by atoms with E-state index in [1.165, 1.54) is 49.3 Å². The van der Waals surface area contributed by atoms with Gasteiger partial charge in [0.05, 0.1) is 5.54 Å². The molecule has 6 rings (SSSR count). The molecule has 2 heteroatoms. The Labute approximate surface area is 222 Å². The molecule has 36 heavy (non-hydrogen) atoms. The van der Waals surface area contributed by atoms with Gasteiger partial charge in [0.1, 0.15) is 0 Å². The van der Waals surface area contributed by atoms with Gasteiger partial charge in [-0.3, -0.25) is 0 Å². The fourth-order valence-corrected chi connectivity index (χ4v) is 7.00. The molecule has 4 aromatic carbocycles. The second-order valence-corrected chi connectivity index (χ2v) is 11.6. The van der Waals surface area contributed by atoms with Crippen LogP contribution in [0, 0.1) is 0 Å². The summed E-state index contributed by atoms with van der Waals surface area (Å²) in [6.45, 7) is 7.13. The van der Waals surface area contributed by atoms with E-state index in [1.54, 1.807) is 0 Å². The summed E-state index contributed by atoms with van der Waals surface area (Å²) in [5, 5.41) is 0. The van der Waals surface area contributed by atoms with Gasteiger partial charge < -0.3 is 4.90 Å². The highest BCUT2D eigenvalue weighted by Crippen LogP contribution is 2.58. The van der Waals surface area contributed by atoms with E-state index in [9.17, 15) is 0 Å². The minimum absolute atomic E-state index is 0.0495. The number of nitrogens with zero attached hydrogens (tertiary/aromatic N) is 1. The molecule has 1 atom stereocenters. The molecule has 0 heterocycles. The first-order chi connectivity index (χ1) is 17.4. The molecule has 0 aliphatic heterocycles. The number of halogens is 1. The standard InChI is InChI=1S/C34H30BrN/c1-33(2)30-17-11-10-16-29(30)32-31(33)22-26(35)23-34(32,3)36(27-14-8-5-9-15-27)28-20-18-25(19-21-28)24-12-6-4-7-13-24/h4-22H,23H2,1-3H3. The number of benzene rings is 4. The third kappa shape index (κ3) is 3.59. The first-order valence-electron chi connectivity index (χ1n) is 12.6. The van der Waals surface area contributed by atoms with Gasteiger partial charge in [-0.1, -0.05) is 115 Å². The first kappa shape index (κ1) is 23.1. The Morgan fingerprint density at radius 3 is 1.89 bits per heavy atom. The minimum atomic E-state index is -0.275. The van der Waals surface area contributed by atoms with Crippen LogP contribution >= 0.6 is 15.9 Å². The van der Waals surface area contributed by atoms with Gasteiger partial charge in [0.2, 0.25) is 0 Å². The highest BCUT2D eigenvalue weighted by Gasteiger charge is 2.49. The minimum Gasteiger partial charge on any atom is -0.331 e. The summed E-state index contributed by atoms with van der Waals surface area (Å²) in [5.41, 5.74) is 10.2. The molecule has 4 aromatic rings. The van der Waals surface area contributed by atoms with Crippen LogP contribution in [-0.4, -0.2) is 5.54 Å². The number of rotatable bonds is 4. The third-order valence-corrected chi connectivity index (χ3v) is 8.41. The van der Waals surface area contributed by atoms with Crippen molar-refractivity contribution < 1.29 is 0 Å². The van der Waals surface area contributed by atoms with Crippen molar-refractivity contribution in [2.24, 2.45) is 0 Å². The van der Waals surface area contributed by atoms with Crippen molar-refractivity contribution in [2.45, 2.75) is 38.1 Å². The van der Waals surface area contributed by atoms with Gasteiger partial charge in [0.15, 0.2) is 0 Å². The Morgan fingerprint density at radius 1 is 0.639 bits per heavy atom. The highest BCUT2D eigenvalue weighted by molar-refractivity contribution is 9.11. The van der Waals surface area contributed by atoms with Gasteiger partial charge >= 0.3 is 0 Å². The molecule has 0 fully saturated rings. The lowest BCUT2D eigenvalue weighted by Crippen LogP contribution is -2.46. The van der Waals surface area contributed by atoms with Crippen LogP contribution < -0.4 is 4.90 Å². The Hall–Kier alpha value is -3.36. The zero-order chi connectivity index (χ0) is 24.9. The molecule has 2 aliphatic rings. The van der Waals surface area contributed by atoms with E-state index in [4.69, 9.17) is 0 Å². The monoisotopic (exact) mass is 531 g/mol. The van der Waals surface area contributed by atoms with Crippen molar-refractivity contribution in [2.75, 3.05) is 4.90 Å². The second kappa shape index (κ2) is 8.64. The second-order valence-electron chi connectivity index (χ2n) is 10.6. The maximum atomic E-state index is 3.95. The van der Waals surface area contributed by atoms with Crippen LogP contribution in [0.1, 0.15) is 38.3 Å². The van der Waals surface area contributed by atoms with Crippen molar-refractivity contribution in [3.63, 3.8) is 0 Å². The molecule has 0 spiro atoms. The van der Waals surface area contributed by atoms with Crippen LogP contribution in [0.2, 0.25) is 0 Å². The van der Waals surface area contributed by atoms with Crippen molar-refractivity contribution in [3.05, 3.63) is 136 Å². The molecular formula is C34H30BrN. The van der Waals surface area contributed by atoms with Crippen molar-refractivity contribution in [3.8, 4) is 11.1 Å². The van der Waals surface area contributed by atoms with Gasteiger partial charge in [-0.15, -0.1) is 0 Å². The molecule has 0 aromatic heterocycles. The fourth-order valence-electron chi connectivity index (χ4n) is 6.23. The molecule has 1 unspecified atom stereocenters. The first-order valence-corrected chi connectivity index (χ1v) is 13.4. The largest absolute Gasteiger partial charge is 0.331 e. The lowest BCUT2D eigenvalue weighted by atomic mass is 9.75. The molecule has 0 N–H and O–H groups in total. The van der Waals surface area contributed by atoms with E-state index < -0.39 is 0 Å². The van der Waals surface area contributed by atoms with Crippen LogP contribution in [0.3, 0.4) is 0 Å². The van der Waals surface area contributed by atoms with E-state index in [-0.39, 0.29) is 11.0 Å². The summed E-state index contributed by atoms with van der Waals surface area (Å²) in [7, 11) is 0. The van der Waals surface area contributed by atoms with Crippen LogP contribution in [-0.2, 0) is 5.41 Å². The van der Waals surface area contributed by atoms with Crippen molar-refractivity contribution in [1.29, 1.82) is 0 Å². The normalized spacial score (nSPS) is 19.9. The van der Waals surface area contributed by atoms with Crippen LogP contribution in [0.4, 0.5) is 11.4 Å². The SMILES string of the molecule is CC1(C)C2=C(c3ccccc31)C(C)(N(c1ccccc1)c1ccc(-c3ccccc3)cc1)CC(Br)=C2.